The van der Waals surface area contributed by atoms with Crippen LogP contribution in [0.25, 0.3) is 23.2 Å². The average molecular weight is 441 g/mol. The Kier molecular flexibility index (Phi) is 5.31. The molecule has 0 amide bonds. The van der Waals surface area contributed by atoms with Crippen molar-refractivity contribution in [2.75, 3.05) is 7.11 Å². The van der Waals surface area contributed by atoms with E-state index in [1.165, 1.54) is 0 Å². The molecule has 5 rings (SSSR count). The number of methoxy groups -OCH3 is 1. The summed E-state index contributed by atoms with van der Waals surface area (Å²) < 4.78 is 15.6. The van der Waals surface area contributed by atoms with Crippen molar-refractivity contribution in [2.24, 2.45) is 7.05 Å². The van der Waals surface area contributed by atoms with Crippen molar-refractivity contribution in [1.82, 2.24) is 24.5 Å². The summed E-state index contributed by atoms with van der Waals surface area (Å²) >= 11 is 0. The third-order valence-corrected chi connectivity index (χ3v) is 5.98. The maximum atomic E-state index is 9.39. The molecule has 0 bridgehead atoms. The van der Waals surface area contributed by atoms with Gasteiger partial charge >= 0.3 is 0 Å². The number of aromatic nitrogens is 5. The predicted molar refractivity (Wildman–Crippen MR) is 125 cm³/mol. The lowest BCUT2D eigenvalue weighted by Crippen LogP contribution is -2.19. The summed E-state index contributed by atoms with van der Waals surface area (Å²) in [6.45, 7) is 2.04. The number of rotatable bonds is 5. The summed E-state index contributed by atoms with van der Waals surface area (Å²) in [4.78, 5) is 4.58. The zero-order chi connectivity index (χ0) is 22.9. The molecule has 3 heterocycles. The second-order valence-corrected chi connectivity index (χ2v) is 8.21. The minimum atomic E-state index is -0.200. The van der Waals surface area contributed by atoms with Gasteiger partial charge in [0.2, 0.25) is 0 Å². The molecule has 0 spiro atoms. The molecule has 3 aromatic heterocycles. The number of hydrogen-bond donors (Lipinski definition) is 0. The van der Waals surface area contributed by atoms with Crippen molar-refractivity contribution in [2.45, 2.75) is 32.3 Å². The van der Waals surface area contributed by atoms with Crippen LogP contribution < -0.4 is 9.47 Å². The second kappa shape index (κ2) is 8.43. The maximum absolute atomic E-state index is 9.39. The van der Waals surface area contributed by atoms with E-state index in [1.54, 1.807) is 24.2 Å². The van der Waals surface area contributed by atoms with Gasteiger partial charge in [0.1, 0.15) is 29.2 Å². The molecule has 8 heteroatoms. The van der Waals surface area contributed by atoms with Crippen molar-refractivity contribution < 1.29 is 9.47 Å². The SMILES string of the molecule is COc1c(C#N)cnc2c1CCCC2Oc1cc2c(cnn2C=Cc2cnn(C)c2)cc1C. The zero-order valence-electron chi connectivity index (χ0n) is 18.8. The van der Waals surface area contributed by atoms with Crippen LogP contribution in [0, 0.1) is 18.3 Å². The van der Waals surface area contributed by atoms with Crippen molar-refractivity contribution in [3.8, 4) is 17.6 Å². The van der Waals surface area contributed by atoms with E-state index in [0.29, 0.717) is 11.3 Å². The van der Waals surface area contributed by atoms with E-state index in [1.807, 2.05) is 49.4 Å². The van der Waals surface area contributed by atoms with Crippen LogP contribution in [-0.4, -0.2) is 31.7 Å². The third kappa shape index (κ3) is 3.82. The fourth-order valence-electron chi connectivity index (χ4n) is 4.37. The highest BCUT2D eigenvalue weighted by atomic mass is 16.5. The van der Waals surface area contributed by atoms with Gasteiger partial charge in [-0.3, -0.25) is 9.67 Å². The lowest BCUT2D eigenvalue weighted by molar-refractivity contribution is 0.176. The number of hydrogen-bond acceptors (Lipinski definition) is 6. The van der Waals surface area contributed by atoms with Crippen molar-refractivity contribution in [1.29, 1.82) is 5.26 Å². The first-order valence-corrected chi connectivity index (χ1v) is 10.8. The minimum Gasteiger partial charge on any atom is -0.495 e. The quantitative estimate of drug-likeness (QED) is 0.456. The molecule has 0 saturated heterocycles. The van der Waals surface area contributed by atoms with Gasteiger partial charge in [0.25, 0.3) is 0 Å². The highest BCUT2D eigenvalue weighted by Crippen LogP contribution is 2.39. The Labute approximate surface area is 191 Å². The van der Waals surface area contributed by atoms with E-state index in [2.05, 4.69) is 27.3 Å². The highest BCUT2D eigenvalue weighted by Gasteiger charge is 2.28. The summed E-state index contributed by atoms with van der Waals surface area (Å²) in [5.74, 6) is 1.41. The fraction of sp³-hybridized carbons (Fsp3) is 0.280. The molecule has 0 fully saturated rings. The number of fused-ring (bicyclic) bond motifs is 2. The topological polar surface area (TPSA) is 90.8 Å². The first kappa shape index (κ1) is 20.8. The molecule has 1 aliphatic rings. The Morgan fingerprint density at radius 2 is 2.09 bits per heavy atom. The maximum Gasteiger partial charge on any atom is 0.143 e. The monoisotopic (exact) mass is 440 g/mol. The van der Waals surface area contributed by atoms with Crippen LogP contribution >= 0.6 is 0 Å². The van der Waals surface area contributed by atoms with E-state index in [9.17, 15) is 5.26 Å². The predicted octanol–water partition coefficient (Wildman–Crippen LogP) is 4.44. The van der Waals surface area contributed by atoms with E-state index in [-0.39, 0.29) is 6.10 Å². The fourth-order valence-corrected chi connectivity index (χ4v) is 4.37. The van der Waals surface area contributed by atoms with E-state index in [4.69, 9.17) is 9.47 Å². The van der Waals surface area contributed by atoms with Gasteiger partial charge in [-0.1, -0.05) is 0 Å². The van der Waals surface area contributed by atoms with Crippen molar-refractivity contribution in [3.63, 3.8) is 0 Å². The number of benzene rings is 1. The Hall–Kier alpha value is -4.12. The van der Waals surface area contributed by atoms with Crippen LogP contribution in [0.15, 0.2) is 36.9 Å². The summed E-state index contributed by atoms with van der Waals surface area (Å²) in [6.07, 6.45) is 13.5. The van der Waals surface area contributed by atoms with Crippen molar-refractivity contribution in [3.05, 3.63) is 64.9 Å². The third-order valence-electron chi connectivity index (χ3n) is 5.98. The molecule has 4 aromatic rings. The smallest absolute Gasteiger partial charge is 0.143 e. The molecule has 1 atom stereocenters. The number of pyridine rings is 1. The summed E-state index contributed by atoms with van der Waals surface area (Å²) in [5, 5.41) is 19.1. The standard InChI is InChI=1S/C25H24N6O2/c1-16-9-18-14-29-31(8-7-17-12-28-30(2)15-17)21(18)10-23(16)33-22-6-4-5-20-24(22)27-13-19(11-26)25(20)32-3/h7-10,12-15,22H,4-6H2,1-3H3. The number of nitrogens with zero attached hydrogens (tertiary/aromatic N) is 6. The Morgan fingerprint density at radius 3 is 2.85 bits per heavy atom. The first-order valence-electron chi connectivity index (χ1n) is 10.8. The normalized spacial score (nSPS) is 15.5. The molecule has 1 aliphatic carbocycles. The highest BCUT2D eigenvalue weighted by molar-refractivity contribution is 5.84. The molecule has 1 unspecified atom stereocenters. The molecular formula is C25H24N6O2. The lowest BCUT2D eigenvalue weighted by atomic mass is 9.91. The lowest BCUT2D eigenvalue weighted by Gasteiger charge is -2.27. The van der Waals surface area contributed by atoms with Gasteiger partial charge in [-0.05, 0) is 43.9 Å². The van der Waals surface area contributed by atoms with Crippen LogP contribution in [0.3, 0.4) is 0 Å². The number of nitriles is 1. The van der Waals surface area contributed by atoms with Gasteiger partial charge in [0.05, 0.1) is 30.7 Å². The van der Waals surface area contributed by atoms with Crippen LogP contribution in [-0.2, 0) is 13.5 Å². The second-order valence-electron chi connectivity index (χ2n) is 8.21. The van der Waals surface area contributed by atoms with Gasteiger partial charge in [-0.2, -0.15) is 15.5 Å². The molecule has 0 saturated carbocycles. The van der Waals surface area contributed by atoms with Gasteiger partial charge in [0.15, 0.2) is 0 Å². The van der Waals surface area contributed by atoms with Gasteiger partial charge in [-0.25, -0.2) is 4.68 Å². The number of aryl methyl sites for hydroxylation is 2. The molecule has 0 N–H and O–H groups in total. The Balaban J connectivity index is 1.48. The molecule has 0 aliphatic heterocycles. The van der Waals surface area contributed by atoms with Crippen LogP contribution in [0.5, 0.6) is 11.5 Å². The summed E-state index contributed by atoms with van der Waals surface area (Å²) in [6, 6.07) is 6.28. The largest absolute Gasteiger partial charge is 0.495 e. The summed E-state index contributed by atoms with van der Waals surface area (Å²) in [7, 11) is 3.49. The Bertz CT molecular complexity index is 1410. The van der Waals surface area contributed by atoms with Gasteiger partial charge in [0, 0.05) is 48.2 Å². The van der Waals surface area contributed by atoms with Crippen LogP contribution in [0.1, 0.15) is 46.9 Å². The minimum absolute atomic E-state index is 0.200. The molecular weight excluding hydrogens is 416 g/mol. The van der Waals surface area contributed by atoms with E-state index < -0.39 is 0 Å². The van der Waals surface area contributed by atoms with E-state index in [0.717, 1.165) is 58.3 Å². The zero-order valence-corrected chi connectivity index (χ0v) is 18.8. The van der Waals surface area contributed by atoms with Gasteiger partial charge in [-0.15, -0.1) is 0 Å². The average Bonchev–Trinajstić information content (AvgIpc) is 3.42. The Morgan fingerprint density at radius 1 is 1.21 bits per heavy atom. The van der Waals surface area contributed by atoms with Crippen molar-refractivity contribution >= 4 is 23.2 Å². The summed E-state index contributed by atoms with van der Waals surface area (Å²) in [5.41, 5.74) is 5.26. The molecule has 1 aromatic carbocycles. The molecule has 33 heavy (non-hydrogen) atoms. The molecule has 0 radical (unpaired) electrons. The van der Waals surface area contributed by atoms with Crippen LogP contribution in [0.2, 0.25) is 0 Å². The first-order chi connectivity index (χ1) is 16.1. The van der Waals surface area contributed by atoms with Gasteiger partial charge < -0.3 is 9.47 Å². The number of ether oxygens (including phenoxy) is 2. The van der Waals surface area contributed by atoms with Crippen LogP contribution in [0.4, 0.5) is 0 Å². The molecule has 166 valence electrons. The molecule has 8 nitrogen and oxygen atoms in total. The van der Waals surface area contributed by atoms with E-state index >= 15 is 0 Å².